The van der Waals surface area contributed by atoms with E-state index in [2.05, 4.69) is 15.1 Å². The van der Waals surface area contributed by atoms with Crippen molar-refractivity contribution >= 4 is 11.8 Å². The van der Waals surface area contributed by atoms with Crippen LogP contribution in [-0.2, 0) is 5.75 Å². The number of methoxy groups -OCH3 is 1. The van der Waals surface area contributed by atoms with Gasteiger partial charge in [0.05, 0.1) is 12.9 Å². The lowest BCUT2D eigenvalue weighted by molar-refractivity contribution is 0.414. The summed E-state index contributed by atoms with van der Waals surface area (Å²) in [6.07, 6.45) is 3.71. The molecular formula is C20H18N4O2S. The van der Waals surface area contributed by atoms with Gasteiger partial charge in [0.2, 0.25) is 0 Å². The predicted molar refractivity (Wildman–Crippen MR) is 104 cm³/mol. The van der Waals surface area contributed by atoms with Gasteiger partial charge in [-0.15, -0.1) is 0 Å². The van der Waals surface area contributed by atoms with Gasteiger partial charge >= 0.3 is 0 Å². The molecule has 0 N–H and O–H groups in total. The van der Waals surface area contributed by atoms with E-state index in [0.717, 1.165) is 27.7 Å². The van der Waals surface area contributed by atoms with E-state index in [0.29, 0.717) is 17.5 Å². The minimum Gasteiger partial charge on any atom is -0.497 e. The van der Waals surface area contributed by atoms with E-state index in [9.17, 15) is 0 Å². The van der Waals surface area contributed by atoms with E-state index in [1.165, 1.54) is 0 Å². The first-order valence-electron chi connectivity index (χ1n) is 8.43. The monoisotopic (exact) mass is 378 g/mol. The summed E-state index contributed by atoms with van der Waals surface area (Å²) < 4.78 is 12.6. The third kappa shape index (κ3) is 3.88. The fraction of sp³-hybridized carbons (Fsp3) is 0.150. The van der Waals surface area contributed by atoms with Crippen molar-refractivity contribution in [2.45, 2.75) is 17.8 Å². The maximum Gasteiger partial charge on any atom is 0.257 e. The number of hydrogen-bond acceptors (Lipinski definition) is 6. The summed E-state index contributed by atoms with van der Waals surface area (Å²) in [6.45, 7) is 2.04. The Kier molecular flexibility index (Phi) is 4.93. The second kappa shape index (κ2) is 7.67. The fourth-order valence-electron chi connectivity index (χ4n) is 2.67. The molecule has 0 spiro atoms. The van der Waals surface area contributed by atoms with Crippen LogP contribution in [0, 0.1) is 6.92 Å². The van der Waals surface area contributed by atoms with Gasteiger partial charge in [0.15, 0.2) is 11.0 Å². The quantitative estimate of drug-likeness (QED) is 0.459. The van der Waals surface area contributed by atoms with Gasteiger partial charge in [-0.2, -0.15) is 4.98 Å². The first-order valence-corrected chi connectivity index (χ1v) is 9.42. The number of ether oxygens (including phenoxy) is 1. The highest BCUT2D eigenvalue weighted by molar-refractivity contribution is 7.98. The van der Waals surface area contributed by atoms with Gasteiger partial charge in [-0.05, 0) is 43.3 Å². The van der Waals surface area contributed by atoms with Crippen molar-refractivity contribution in [3.63, 3.8) is 0 Å². The molecule has 4 rings (SSSR count). The number of aryl methyl sites for hydroxylation is 1. The van der Waals surface area contributed by atoms with Crippen LogP contribution in [0.1, 0.15) is 11.4 Å². The molecule has 0 atom stereocenters. The first kappa shape index (κ1) is 17.4. The minimum absolute atomic E-state index is 0.535. The van der Waals surface area contributed by atoms with Crippen molar-refractivity contribution in [2.75, 3.05) is 7.11 Å². The first-order chi connectivity index (χ1) is 13.2. The highest BCUT2D eigenvalue weighted by atomic mass is 32.2. The molecule has 6 nitrogen and oxygen atoms in total. The van der Waals surface area contributed by atoms with Crippen molar-refractivity contribution in [1.82, 2.24) is 19.7 Å². The third-order valence-electron chi connectivity index (χ3n) is 4.02. The Balaban J connectivity index is 1.48. The topological polar surface area (TPSA) is 66.0 Å². The molecule has 0 saturated heterocycles. The molecular weight excluding hydrogens is 360 g/mol. The molecule has 7 heteroatoms. The zero-order chi connectivity index (χ0) is 18.6. The second-order valence-corrected chi connectivity index (χ2v) is 6.89. The molecule has 4 aromatic rings. The van der Waals surface area contributed by atoms with Gasteiger partial charge in [-0.1, -0.05) is 34.6 Å². The normalized spacial score (nSPS) is 10.9. The summed E-state index contributed by atoms with van der Waals surface area (Å²) in [5.74, 6) is 2.57. The number of rotatable bonds is 6. The lowest BCUT2D eigenvalue weighted by Crippen LogP contribution is -1.96. The highest BCUT2D eigenvalue weighted by Gasteiger charge is 2.12. The molecule has 2 heterocycles. The summed E-state index contributed by atoms with van der Waals surface area (Å²) in [7, 11) is 1.66. The minimum atomic E-state index is 0.535. The Hall–Kier alpha value is -3.06. The number of aromatic nitrogens is 4. The fourth-order valence-corrected chi connectivity index (χ4v) is 3.49. The van der Waals surface area contributed by atoms with Crippen LogP contribution in [0.2, 0.25) is 0 Å². The SMILES string of the molecule is COc1ccc(-n2ccnc2SCc2noc(-c3cccc(C)c3)n2)cc1. The smallest absolute Gasteiger partial charge is 0.257 e. The van der Waals surface area contributed by atoms with Crippen molar-refractivity contribution in [3.05, 3.63) is 72.3 Å². The van der Waals surface area contributed by atoms with Crippen LogP contribution in [0.3, 0.4) is 0 Å². The van der Waals surface area contributed by atoms with Crippen LogP contribution in [-0.4, -0.2) is 26.8 Å². The molecule has 136 valence electrons. The molecule has 0 fully saturated rings. The maximum absolute atomic E-state index is 5.40. The molecule has 0 bridgehead atoms. The summed E-state index contributed by atoms with van der Waals surface area (Å²) >= 11 is 1.56. The Bertz CT molecular complexity index is 1040. The van der Waals surface area contributed by atoms with Crippen LogP contribution >= 0.6 is 11.8 Å². The molecule has 0 unspecified atom stereocenters. The molecule has 2 aromatic heterocycles. The van der Waals surface area contributed by atoms with Gasteiger partial charge in [0.1, 0.15) is 5.75 Å². The molecule has 2 aromatic carbocycles. The van der Waals surface area contributed by atoms with Gasteiger partial charge in [-0.25, -0.2) is 4.98 Å². The Morgan fingerprint density at radius 3 is 2.78 bits per heavy atom. The van der Waals surface area contributed by atoms with Gasteiger partial charge in [0.25, 0.3) is 5.89 Å². The average molecular weight is 378 g/mol. The molecule has 0 aliphatic rings. The van der Waals surface area contributed by atoms with E-state index in [4.69, 9.17) is 9.26 Å². The summed E-state index contributed by atoms with van der Waals surface area (Å²) in [5, 5.41) is 4.95. The summed E-state index contributed by atoms with van der Waals surface area (Å²) in [4.78, 5) is 8.93. The molecule has 27 heavy (non-hydrogen) atoms. The zero-order valence-corrected chi connectivity index (χ0v) is 15.8. The molecule has 0 aliphatic carbocycles. The van der Waals surface area contributed by atoms with Crippen LogP contribution < -0.4 is 4.74 Å². The molecule has 0 saturated carbocycles. The standard InChI is InChI=1S/C20H18N4O2S/c1-14-4-3-5-15(12-14)19-22-18(23-26-19)13-27-20-21-10-11-24(20)16-6-8-17(25-2)9-7-16/h3-12H,13H2,1-2H3. The van der Waals surface area contributed by atoms with Gasteiger partial charge in [-0.3, -0.25) is 4.57 Å². The van der Waals surface area contributed by atoms with Crippen molar-refractivity contribution in [2.24, 2.45) is 0 Å². The maximum atomic E-state index is 5.40. The lowest BCUT2D eigenvalue weighted by Gasteiger charge is -2.07. The van der Waals surface area contributed by atoms with Crippen molar-refractivity contribution in [3.8, 4) is 22.9 Å². The average Bonchev–Trinajstić information content (AvgIpc) is 3.36. The van der Waals surface area contributed by atoms with Crippen molar-refractivity contribution < 1.29 is 9.26 Å². The Morgan fingerprint density at radius 2 is 2.00 bits per heavy atom. The largest absolute Gasteiger partial charge is 0.497 e. The van der Waals surface area contributed by atoms with Crippen LogP contribution in [0.25, 0.3) is 17.1 Å². The van der Waals surface area contributed by atoms with Crippen molar-refractivity contribution in [1.29, 1.82) is 0 Å². The van der Waals surface area contributed by atoms with E-state index in [-0.39, 0.29) is 0 Å². The molecule has 0 aliphatic heterocycles. The number of imidazole rings is 1. The Morgan fingerprint density at radius 1 is 1.15 bits per heavy atom. The number of hydrogen-bond donors (Lipinski definition) is 0. The zero-order valence-electron chi connectivity index (χ0n) is 15.0. The van der Waals surface area contributed by atoms with Crippen LogP contribution in [0.4, 0.5) is 0 Å². The summed E-state index contributed by atoms with van der Waals surface area (Å²) in [5.41, 5.74) is 3.10. The van der Waals surface area contributed by atoms with E-state index in [1.807, 2.05) is 66.2 Å². The molecule has 0 radical (unpaired) electrons. The predicted octanol–water partition coefficient (Wildman–Crippen LogP) is 4.53. The van der Waals surface area contributed by atoms with E-state index >= 15 is 0 Å². The summed E-state index contributed by atoms with van der Waals surface area (Å²) in [6, 6.07) is 15.9. The number of nitrogens with zero attached hydrogens (tertiary/aromatic N) is 4. The number of thioether (sulfide) groups is 1. The highest BCUT2D eigenvalue weighted by Crippen LogP contribution is 2.25. The Labute approximate surface area is 161 Å². The third-order valence-corrected chi connectivity index (χ3v) is 4.98. The van der Waals surface area contributed by atoms with Crippen LogP contribution in [0.5, 0.6) is 5.75 Å². The van der Waals surface area contributed by atoms with Gasteiger partial charge < -0.3 is 9.26 Å². The lowest BCUT2D eigenvalue weighted by atomic mass is 10.1. The van der Waals surface area contributed by atoms with Gasteiger partial charge in [0, 0.05) is 23.6 Å². The second-order valence-electron chi connectivity index (χ2n) is 5.95. The van der Waals surface area contributed by atoms with E-state index in [1.54, 1.807) is 25.1 Å². The van der Waals surface area contributed by atoms with Crippen LogP contribution in [0.15, 0.2) is 70.6 Å². The molecule has 0 amide bonds. The number of benzene rings is 2. The van der Waals surface area contributed by atoms with E-state index < -0.39 is 0 Å².